The van der Waals surface area contributed by atoms with E-state index in [1.807, 2.05) is 54.6 Å². The SMILES string of the molecule is COC(=O)c1cccc(COc2ccc(-c3ccccc3)cc2)c1Br. The number of hydrogen-bond donors (Lipinski definition) is 0. The van der Waals surface area contributed by atoms with E-state index < -0.39 is 0 Å². The van der Waals surface area contributed by atoms with Crippen molar-refractivity contribution in [2.24, 2.45) is 0 Å². The number of rotatable bonds is 5. The summed E-state index contributed by atoms with van der Waals surface area (Å²) >= 11 is 3.46. The Labute approximate surface area is 155 Å². The third kappa shape index (κ3) is 4.09. The molecule has 3 rings (SSSR count). The van der Waals surface area contributed by atoms with Crippen LogP contribution in [0.5, 0.6) is 5.75 Å². The molecule has 0 aliphatic rings. The first kappa shape index (κ1) is 17.2. The van der Waals surface area contributed by atoms with Crippen molar-refractivity contribution in [3.8, 4) is 16.9 Å². The number of methoxy groups -OCH3 is 1. The van der Waals surface area contributed by atoms with Crippen LogP contribution in [0.2, 0.25) is 0 Å². The first-order chi connectivity index (χ1) is 12.2. The van der Waals surface area contributed by atoms with E-state index in [4.69, 9.17) is 9.47 Å². The maximum Gasteiger partial charge on any atom is 0.339 e. The minimum Gasteiger partial charge on any atom is -0.489 e. The highest BCUT2D eigenvalue weighted by Gasteiger charge is 2.13. The standard InChI is InChI=1S/C21H17BrO3/c1-24-21(23)19-9-5-8-17(20(19)22)14-25-18-12-10-16(11-13-18)15-6-3-2-4-7-15/h2-13H,14H2,1H3. The molecule has 3 aromatic rings. The molecule has 0 N–H and O–H groups in total. The summed E-state index contributed by atoms with van der Waals surface area (Å²) in [5, 5.41) is 0. The maximum atomic E-state index is 11.7. The zero-order valence-corrected chi connectivity index (χ0v) is 15.3. The van der Waals surface area contributed by atoms with Crippen LogP contribution in [0.15, 0.2) is 77.3 Å². The minimum absolute atomic E-state index is 0.357. The van der Waals surface area contributed by atoms with Crippen molar-refractivity contribution in [1.82, 2.24) is 0 Å². The van der Waals surface area contributed by atoms with E-state index in [-0.39, 0.29) is 5.97 Å². The Morgan fingerprint density at radius 2 is 1.56 bits per heavy atom. The molecule has 0 radical (unpaired) electrons. The van der Waals surface area contributed by atoms with Gasteiger partial charge in [0.1, 0.15) is 12.4 Å². The number of esters is 1. The van der Waals surface area contributed by atoms with Gasteiger partial charge in [-0.1, -0.05) is 54.6 Å². The van der Waals surface area contributed by atoms with E-state index in [1.54, 1.807) is 6.07 Å². The normalized spacial score (nSPS) is 10.3. The Balaban J connectivity index is 1.71. The number of hydrogen-bond acceptors (Lipinski definition) is 3. The summed E-state index contributed by atoms with van der Waals surface area (Å²) < 4.78 is 11.3. The lowest BCUT2D eigenvalue weighted by Gasteiger charge is -2.11. The quantitative estimate of drug-likeness (QED) is 0.535. The second kappa shape index (κ2) is 7.99. The highest BCUT2D eigenvalue weighted by Crippen LogP contribution is 2.26. The Morgan fingerprint density at radius 3 is 2.24 bits per heavy atom. The molecule has 0 aliphatic heterocycles. The second-order valence-corrected chi connectivity index (χ2v) is 6.24. The van der Waals surface area contributed by atoms with Crippen LogP contribution < -0.4 is 4.74 Å². The highest BCUT2D eigenvalue weighted by atomic mass is 79.9. The topological polar surface area (TPSA) is 35.5 Å². The molecule has 0 heterocycles. The Kier molecular flexibility index (Phi) is 5.51. The molecule has 0 bridgehead atoms. The summed E-state index contributed by atoms with van der Waals surface area (Å²) in [5.74, 6) is 0.399. The van der Waals surface area contributed by atoms with E-state index in [0.717, 1.165) is 16.9 Å². The molecule has 25 heavy (non-hydrogen) atoms. The van der Waals surface area contributed by atoms with Gasteiger partial charge in [-0.2, -0.15) is 0 Å². The summed E-state index contributed by atoms with van der Waals surface area (Å²) in [6, 6.07) is 23.6. The van der Waals surface area contributed by atoms with Crippen LogP contribution in [0.1, 0.15) is 15.9 Å². The average molecular weight is 397 g/mol. The predicted molar refractivity (Wildman–Crippen MR) is 102 cm³/mol. The first-order valence-corrected chi connectivity index (χ1v) is 8.62. The fraction of sp³-hybridized carbons (Fsp3) is 0.0952. The third-order valence-electron chi connectivity index (χ3n) is 3.84. The van der Waals surface area contributed by atoms with Gasteiger partial charge in [-0.15, -0.1) is 0 Å². The van der Waals surface area contributed by atoms with E-state index in [1.165, 1.54) is 12.7 Å². The molecule has 0 unspecified atom stereocenters. The zero-order chi connectivity index (χ0) is 17.6. The smallest absolute Gasteiger partial charge is 0.339 e. The Hall–Kier alpha value is -2.59. The molecule has 0 aliphatic carbocycles. The zero-order valence-electron chi connectivity index (χ0n) is 13.7. The highest BCUT2D eigenvalue weighted by molar-refractivity contribution is 9.10. The van der Waals surface area contributed by atoms with Gasteiger partial charge in [-0.3, -0.25) is 0 Å². The summed E-state index contributed by atoms with van der Waals surface area (Å²) in [7, 11) is 1.37. The van der Waals surface area contributed by atoms with Crippen molar-refractivity contribution in [2.45, 2.75) is 6.61 Å². The van der Waals surface area contributed by atoms with Crippen LogP contribution in [-0.4, -0.2) is 13.1 Å². The van der Waals surface area contributed by atoms with Crippen LogP contribution in [-0.2, 0) is 11.3 Å². The van der Waals surface area contributed by atoms with Crippen molar-refractivity contribution in [1.29, 1.82) is 0 Å². The van der Waals surface area contributed by atoms with Gasteiger partial charge in [-0.05, 0) is 45.3 Å². The molecule has 3 aromatic carbocycles. The molecule has 0 fully saturated rings. The van der Waals surface area contributed by atoms with E-state index in [2.05, 4.69) is 28.1 Å². The van der Waals surface area contributed by atoms with Crippen molar-refractivity contribution >= 4 is 21.9 Å². The number of halogens is 1. The molecule has 0 atom stereocenters. The Bertz CT molecular complexity index is 858. The van der Waals surface area contributed by atoms with Crippen LogP contribution in [0.3, 0.4) is 0 Å². The summed E-state index contributed by atoms with van der Waals surface area (Å²) in [5.41, 5.74) is 3.68. The Morgan fingerprint density at radius 1 is 0.880 bits per heavy atom. The van der Waals surface area contributed by atoms with Crippen molar-refractivity contribution in [2.75, 3.05) is 7.11 Å². The molecule has 0 saturated heterocycles. The van der Waals surface area contributed by atoms with Gasteiger partial charge in [0.2, 0.25) is 0 Å². The lowest BCUT2D eigenvalue weighted by atomic mass is 10.1. The van der Waals surface area contributed by atoms with Crippen molar-refractivity contribution in [3.05, 3.63) is 88.4 Å². The van der Waals surface area contributed by atoms with Gasteiger partial charge in [0.05, 0.1) is 12.7 Å². The summed E-state index contributed by atoms with van der Waals surface area (Å²) in [6.45, 7) is 0.357. The summed E-state index contributed by atoms with van der Waals surface area (Å²) in [6.07, 6.45) is 0. The molecule has 4 heteroatoms. The minimum atomic E-state index is -0.374. The first-order valence-electron chi connectivity index (χ1n) is 7.83. The molecule has 0 amide bonds. The van der Waals surface area contributed by atoms with Crippen molar-refractivity contribution < 1.29 is 14.3 Å². The van der Waals surface area contributed by atoms with Crippen LogP contribution in [0.4, 0.5) is 0 Å². The number of ether oxygens (including phenoxy) is 2. The lowest BCUT2D eigenvalue weighted by Crippen LogP contribution is -2.05. The third-order valence-corrected chi connectivity index (χ3v) is 4.78. The van der Waals surface area contributed by atoms with Crippen LogP contribution >= 0.6 is 15.9 Å². The van der Waals surface area contributed by atoms with Gasteiger partial charge in [-0.25, -0.2) is 4.79 Å². The number of benzene rings is 3. The lowest BCUT2D eigenvalue weighted by molar-refractivity contribution is 0.0599. The fourth-order valence-electron chi connectivity index (χ4n) is 2.49. The summed E-state index contributed by atoms with van der Waals surface area (Å²) in [4.78, 5) is 11.7. The van der Waals surface area contributed by atoms with Gasteiger partial charge in [0.15, 0.2) is 0 Å². The molecule has 0 spiro atoms. The van der Waals surface area contributed by atoms with E-state index in [9.17, 15) is 4.79 Å². The van der Waals surface area contributed by atoms with Crippen LogP contribution in [0.25, 0.3) is 11.1 Å². The van der Waals surface area contributed by atoms with E-state index >= 15 is 0 Å². The van der Waals surface area contributed by atoms with Gasteiger partial charge in [0.25, 0.3) is 0 Å². The average Bonchev–Trinajstić information content (AvgIpc) is 2.68. The fourth-order valence-corrected chi connectivity index (χ4v) is 3.03. The molecule has 0 saturated carbocycles. The number of carbonyl (C=O) groups excluding carboxylic acids is 1. The van der Waals surface area contributed by atoms with Gasteiger partial charge < -0.3 is 9.47 Å². The molecule has 0 aromatic heterocycles. The van der Waals surface area contributed by atoms with E-state index in [0.29, 0.717) is 16.6 Å². The predicted octanol–water partition coefficient (Wildman–Crippen LogP) is 5.48. The molecule has 126 valence electrons. The van der Waals surface area contributed by atoms with Gasteiger partial charge in [0, 0.05) is 10.0 Å². The largest absolute Gasteiger partial charge is 0.489 e. The number of carbonyl (C=O) groups is 1. The molecular formula is C21H17BrO3. The second-order valence-electron chi connectivity index (χ2n) is 5.45. The molecular weight excluding hydrogens is 380 g/mol. The monoisotopic (exact) mass is 396 g/mol. The van der Waals surface area contributed by atoms with Crippen LogP contribution in [0, 0.1) is 0 Å². The maximum absolute atomic E-state index is 11.7. The van der Waals surface area contributed by atoms with Gasteiger partial charge >= 0.3 is 5.97 Å². The molecule has 3 nitrogen and oxygen atoms in total. The van der Waals surface area contributed by atoms with Crippen molar-refractivity contribution in [3.63, 3.8) is 0 Å².